The molecule has 0 unspecified atom stereocenters. The van der Waals surface area contributed by atoms with Crippen molar-refractivity contribution in [1.29, 1.82) is 0 Å². The van der Waals surface area contributed by atoms with Gasteiger partial charge >= 0.3 is 118 Å². The monoisotopic (exact) mass is 1210 g/mol. The number of benzene rings is 3. The Morgan fingerprint density at radius 2 is 1.25 bits per heavy atom. The molecule has 408 valence electrons. The molecule has 0 radical (unpaired) electrons. The van der Waals surface area contributed by atoms with Crippen molar-refractivity contribution in [3.63, 3.8) is 0 Å². The SMILES string of the molecule is CC1(C)C(/C=C/C2=C(c3c(F)cc(C(=O)NCCCCCC(=O)[O-])cc3F)C(=C/C=C3/N(CCCCS(=O)(=O)[O-])c4ccc(S(=O)(=O)[O-])cc4C3(C)C)/CCC2)=[N+](CCCCS(=O)(=O)[O-])c2ccc(S(=O)(=O)[O-])cc21.[Na+].[Na+].[Na+].[Na+]. The summed E-state index contributed by atoms with van der Waals surface area (Å²) in [7, 11) is -18.9. The number of hydrogen-bond acceptors (Lipinski definition) is 16. The van der Waals surface area contributed by atoms with Gasteiger partial charge < -0.3 is 38.3 Å². The third-order valence-electron chi connectivity index (χ3n) is 13.7. The molecule has 18 nitrogen and oxygen atoms in total. The summed E-state index contributed by atoms with van der Waals surface area (Å²) >= 11 is 0. The summed E-state index contributed by atoms with van der Waals surface area (Å²) in [5.74, 6) is -5.49. The van der Waals surface area contributed by atoms with Crippen molar-refractivity contribution in [2.24, 2.45) is 0 Å². The van der Waals surface area contributed by atoms with Crippen molar-refractivity contribution in [3.05, 3.63) is 124 Å². The second kappa shape index (κ2) is 30.1. The molecule has 0 saturated heterocycles. The zero-order valence-corrected chi connectivity index (χ0v) is 56.9. The first-order valence-electron chi connectivity index (χ1n) is 24.1. The summed E-state index contributed by atoms with van der Waals surface area (Å²) < 4.78 is 178. The van der Waals surface area contributed by atoms with Crippen LogP contribution in [0.4, 0.5) is 20.2 Å². The number of unbranched alkanes of at least 4 members (excludes halogenated alkanes) is 4. The van der Waals surface area contributed by atoms with Crippen LogP contribution in [0.25, 0.3) is 5.57 Å². The smallest absolute Gasteiger partial charge is 0.748 e. The molecule has 2 heterocycles. The van der Waals surface area contributed by atoms with E-state index in [-0.39, 0.29) is 194 Å². The average Bonchev–Trinajstić information content (AvgIpc) is 3.64. The van der Waals surface area contributed by atoms with Gasteiger partial charge in [-0.3, -0.25) is 4.79 Å². The first-order valence-corrected chi connectivity index (χ1v) is 30.1. The van der Waals surface area contributed by atoms with Gasteiger partial charge in [0, 0.05) is 77.1 Å². The van der Waals surface area contributed by atoms with E-state index in [0.29, 0.717) is 70.7 Å². The van der Waals surface area contributed by atoms with E-state index in [2.05, 4.69) is 5.32 Å². The van der Waals surface area contributed by atoms with E-state index in [0.717, 1.165) is 24.3 Å². The Bertz CT molecular complexity index is 3400. The van der Waals surface area contributed by atoms with Crippen LogP contribution in [-0.2, 0) is 56.1 Å². The van der Waals surface area contributed by atoms with Crippen LogP contribution in [0, 0.1) is 11.6 Å². The van der Waals surface area contributed by atoms with Gasteiger partial charge in [-0.05, 0) is 142 Å². The molecule has 2 aliphatic heterocycles. The number of carboxylic acid groups (broad SMARTS) is 1. The largest absolute Gasteiger partial charge is 1.00 e. The first-order chi connectivity index (χ1) is 34.8. The number of hydrogen-bond donors (Lipinski definition) is 1. The van der Waals surface area contributed by atoms with Gasteiger partial charge in [0.25, 0.3) is 5.91 Å². The Hall–Kier alpha value is -1.47. The maximum atomic E-state index is 16.9. The third-order valence-corrected chi connectivity index (χ3v) is 16.9. The fourth-order valence-corrected chi connectivity index (χ4v) is 12.1. The van der Waals surface area contributed by atoms with Crippen molar-refractivity contribution < 1.29 is 198 Å². The Morgan fingerprint density at radius 1 is 0.684 bits per heavy atom. The maximum Gasteiger partial charge on any atom is 1.00 e. The normalized spacial score (nSPS) is 17.0. The standard InChI is InChI=1S/C51H61F2N3O15S4.4Na/c1-50(2)38-31-36(74(66,67)68)18-20-42(38)55(25-8-10-27-72(60,61)62)44(50)22-16-33-13-12-14-34(47(33)48-40(52)29-35(30-41(48)53)49(59)54-24-7-5-6-15-46(57)58)17-23-45-51(3,4)39-32-37(75(69,70)71)19-21-43(39)56(45)26-9-11-28-73(63,64)65;;;;/h16-23,29-32H,5-15,24-28H2,1-4H3,(H5-,54,57,58,59,60,61,62,63,64,65,66,67,68,69,70,71);;;;/q;4*+1/p-4. The molecule has 3 aliphatic rings. The van der Waals surface area contributed by atoms with E-state index >= 15 is 8.78 Å². The van der Waals surface area contributed by atoms with Gasteiger partial charge in [-0.15, -0.1) is 0 Å². The summed E-state index contributed by atoms with van der Waals surface area (Å²) in [6, 6.07) is 9.49. The number of carbonyl (C=O) groups is 2. The molecule has 0 saturated carbocycles. The molecule has 0 spiro atoms. The molecule has 3 aromatic rings. The van der Waals surface area contributed by atoms with Gasteiger partial charge in [0.1, 0.15) is 38.4 Å². The molecule has 0 bridgehead atoms. The van der Waals surface area contributed by atoms with Gasteiger partial charge in [0.15, 0.2) is 5.71 Å². The molecular weight excluding hydrogens is 1150 g/mol. The Kier molecular flexibility index (Phi) is 28.0. The van der Waals surface area contributed by atoms with Crippen molar-refractivity contribution in [3.8, 4) is 0 Å². The van der Waals surface area contributed by atoms with Crippen LogP contribution in [0.3, 0.4) is 0 Å². The fourth-order valence-electron chi connectivity index (χ4n) is 9.96. The zero-order valence-electron chi connectivity index (χ0n) is 45.6. The molecule has 1 amide bonds. The predicted molar refractivity (Wildman–Crippen MR) is 268 cm³/mol. The van der Waals surface area contributed by atoms with E-state index in [9.17, 15) is 66.6 Å². The first kappa shape index (κ1) is 73.6. The number of nitrogens with one attached hydrogen (secondary N) is 1. The maximum absolute atomic E-state index is 16.9. The minimum absolute atomic E-state index is 0. The molecule has 6 rings (SSSR count). The van der Waals surface area contributed by atoms with Gasteiger partial charge in [-0.1, -0.05) is 32.4 Å². The Morgan fingerprint density at radius 3 is 1.82 bits per heavy atom. The van der Waals surface area contributed by atoms with Crippen LogP contribution in [0.5, 0.6) is 0 Å². The summed E-state index contributed by atoms with van der Waals surface area (Å²) in [4.78, 5) is 24.8. The van der Waals surface area contributed by atoms with E-state index in [1.165, 1.54) is 24.3 Å². The second-order valence-electron chi connectivity index (χ2n) is 19.7. The Balaban J connectivity index is 0.00000533. The van der Waals surface area contributed by atoms with Crippen LogP contribution in [0.1, 0.15) is 125 Å². The number of anilines is 1. The van der Waals surface area contributed by atoms with Gasteiger partial charge in [-0.2, -0.15) is 4.58 Å². The van der Waals surface area contributed by atoms with Crippen molar-refractivity contribution in [1.82, 2.24) is 5.32 Å². The molecule has 0 fully saturated rings. The van der Waals surface area contributed by atoms with Crippen LogP contribution >= 0.6 is 0 Å². The van der Waals surface area contributed by atoms with E-state index in [1.807, 2.05) is 0 Å². The number of amides is 1. The summed E-state index contributed by atoms with van der Waals surface area (Å²) in [5, 5.41) is 13.4. The topological polar surface area (TPSA) is 304 Å². The summed E-state index contributed by atoms with van der Waals surface area (Å²) in [6.45, 7) is 7.42. The minimum atomic E-state index is -4.91. The van der Waals surface area contributed by atoms with Crippen molar-refractivity contribution >= 4 is 75.0 Å². The van der Waals surface area contributed by atoms with Gasteiger partial charge in [0.05, 0.1) is 41.0 Å². The number of rotatable bonds is 23. The van der Waals surface area contributed by atoms with Crippen LogP contribution in [0.15, 0.2) is 99.5 Å². The molecule has 0 aromatic heterocycles. The van der Waals surface area contributed by atoms with Crippen LogP contribution < -0.4 is 134 Å². The number of fused-ring (bicyclic) bond motifs is 2. The number of nitrogens with zero attached hydrogens (tertiary/aromatic N) is 2. The van der Waals surface area contributed by atoms with E-state index < -0.39 is 102 Å². The van der Waals surface area contributed by atoms with Crippen molar-refractivity contribution in [2.45, 2.75) is 119 Å². The molecule has 0 atom stereocenters. The number of halogens is 2. The van der Waals surface area contributed by atoms with Crippen LogP contribution in [-0.4, -0.2) is 105 Å². The van der Waals surface area contributed by atoms with Crippen LogP contribution in [0.2, 0.25) is 0 Å². The quantitative estimate of drug-likeness (QED) is 0.0400. The number of allylic oxidation sites excluding steroid dienone is 8. The molecule has 3 aromatic carbocycles. The molecule has 1 aliphatic carbocycles. The molecule has 79 heavy (non-hydrogen) atoms. The molecular formula is C51H57F2N3Na4O15S4. The number of aliphatic carboxylic acids is 1. The third kappa shape index (κ3) is 19.0. The van der Waals surface area contributed by atoms with Crippen molar-refractivity contribution in [2.75, 3.05) is 36.0 Å². The second-order valence-corrected chi connectivity index (χ2v) is 25.5. The van der Waals surface area contributed by atoms with E-state index in [1.54, 1.807) is 61.5 Å². The Labute approximate surface area is 550 Å². The molecule has 1 N–H and O–H groups in total. The predicted octanol–water partition coefficient (Wildman–Crippen LogP) is -6.34. The summed E-state index contributed by atoms with van der Waals surface area (Å²) in [6.07, 6.45) is 8.90. The minimum Gasteiger partial charge on any atom is -0.748 e. The summed E-state index contributed by atoms with van der Waals surface area (Å²) in [5.41, 5.74) is 0.903. The van der Waals surface area contributed by atoms with Gasteiger partial charge in [0.2, 0.25) is 5.69 Å². The van der Waals surface area contributed by atoms with E-state index in [4.69, 9.17) is 0 Å². The molecule has 28 heteroatoms. The average molecular weight is 1210 g/mol. The zero-order chi connectivity index (χ0) is 55.5. The van der Waals surface area contributed by atoms with Gasteiger partial charge in [-0.25, -0.2) is 42.5 Å². The number of carbonyl (C=O) groups excluding carboxylic acids is 2. The fraction of sp³-hybridized carbons (Fsp3) is 0.431. The number of carboxylic acids is 1.